The summed E-state index contributed by atoms with van der Waals surface area (Å²) in [5.74, 6) is 2.50. The summed E-state index contributed by atoms with van der Waals surface area (Å²) < 4.78 is 36.3. The fraction of sp³-hybridized carbons (Fsp3) is 0.314. The number of nitrogens with one attached hydrogen (secondary N) is 3. The van der Waals surface area contributed by atoms with Crippen molar-refractivity contribution in [3.8, 4) is 11.8 Å². The van der Waals surface area contributed by atoms with Crippen molar-refractivity contribution in [1.29, 1.82) is 0 Å². The van der Waals surface area contributed by atoms with E-state index in [-0.39, 0.29) is 0 Å². The number of nitrogens with zero attached hydrogens (tertiary/aromatic N) is 9. The fourth-order valence-electron chi connectivity index (χ4n) is 7.02. The second-order valence-electron chi connectivity index (χ2n) is 12.9. The molecule has 0 spiro atoms. The van der Waals surface area contributed by atoms with Crippen molar-refractivity contribution < 1.29 is 17.9 Å². The summed E-state index contributed by atoms with van der Waals surface area (Å²) in [5.41, 5.74) is 7.74. The van der Waals surface area contributed by atoms with Crippen LogP contribution >= 0.6 is 22.7 Å². The zero-order valence-corrected chi connectivity index (χ0v) is 32.0. The predicted octanol–water partition coefficient (Wildman–Crippen LogP) is 4.51. The Morgan fingerprint density at radius 1 is 0.778 bits per heavy atom. The van der Waals surface area contributed by atoms with Gasteiger partial charge in [-0.1, -0.05) is 0 Å². The van der Waals surface area contributed by atoms with Gasteiger partial charge in [-0.05, 0) is 42.6 Å². The molecule has 3 N–H and O–H groups in total. The summed E-state index contributed by atoms with van der Waals surface area (Å²) in [7, 11) is -0.0191. The maximum Gasteiger partial charge on any atom is 0.237 e. The van der Waals surface area contributed by atoms with Crippen LogP contribution in [0.25, 0.3) is 20.4 Å². The number of fused-ring (bicyclic) bond motifs is 8. The average Bonchev–Trinajstić information content (AvgIpc) is 3.98. The van der Waals surface area contributed by atoms with Gasteiger partial charge in [-0.25, -0.2) is 38.3 Å². The topological polar surface area (TPSA) is 194 Å². The Kier molecular flexibility index (Phi) is 8.89. The number of hydrogen-bond donors (Lipinski definition) is 3. The SMILES string of the molecule is COc1nc2c(cc1Nc1ncnc3sc4c(c13)CCN(S(C)(=O)=O)C4)C=NC2.COc1nc2c(cc1Nc1ncnc3sc4c(c13)CCNC4)C=NC2. The molecule has 0 aromatic carbocycles. The van der Waals surface area contributed by atoms with Crippen LogP contribution in [-0.2, 0) is 49.0 Å². The van der Waals surface area contributed by atoms with Crippen LogP contribution in [0.15, 0.2) is 34.8 Å². The van der Waals surface area contributed by atoms with Crippen LogP contribution in [0.5, 0.6) is 11.8 Å². The van der Waals surface area contributed by atoms with Crippen LogP contribution in [0, 0.1) is 0 Å². The average molecular weight is 783 g/mol. The molecular formula is C35H34N12O4S3. The molecular weight excluding hydrogens is 749 g/mol. The van der Waals surface area contributed by atoms with Gasteiger partial charge in [-0.3, -0.25) is 9.98 Å². The van der Waals surface area contributed by atoms with Crippen molar-refractivity contribution in [2.75, 3.05) is 44.2 Å². The summed E-state index contributed by atoms with van der Waals surface area (Å²) in [5, 5.41) is 12.2. The lowest BCUT2D eigenvalue weighted by Gasteiger charge is -2.24. The second-order valence-corrected chi connectivity index (χ2v) is 17.1. The first-order valence-electron chi connectivity index (χ1n) is 17.1. The van der Waals surface area contributed by atoms with Gasteiger partial charge in [-0.15, -0.1) is 22.7 Å². The molecule has 54 heavy (non-hydrogen) atoms. The minimum Gasteiger partial charge on any atom is -0.480 e. The van der Waals surface area contributed by atoms with Crippen LogP contribution in [0.4, 0.5) is 23.0 Å². The van der Waals surface area contributed by atoms with E-state index in [9.17, 15) is 8.42 Å². The number of hydrogen-bond acceptors (Lipinski definition) is 17. The number of aromatic nitrogens is 6. The Hall–Kier alpha value is -5.21. The molecule has 0 saturated carbocycles. The molecule has 10 rings (SSSR count). The number of sulfonamides is 1. The normalized spacial score (nSPS) is 15.7. The van der Waals surface area contributed by atoms with Gasteiger partial charge in [0.1, 0.15) is 45.3 Å². The Morgan fingerprint density at radius 3 is 1.89 bits per heavy atom. The molecule has 276 valence electrons. The number of methoxy groups -OCH3 is 2. The quantitative estimate of drug-likeness (QED) is 0.205. The third kappa shape index (κ3) is 6.30. The number of rotatable bonds is 7. The number of anilines is 4. The maximum absolute atomic E-state index is 11.9. The third-order valence-electron chi connectivity index (χ3n) is 9.61. The molecule has 6 aromatic rings. The molecule has 16 nitrogen and oxygen atoms in total. The van der Waals surface area contributed by atoms with Crippen molar-refractivity contribution >= 4 is 88.6 Å². The monoisotopic (exact) mass is 782 g/mol. The zero-order chi connectivity index (χ0) is 37.0. The number of pyridine rings is 2. The van der Waals surface area contributed by atoms with Gasteiger partial charge in [-0.2, -0.15) is 4.31 Å². The Morgan fingerprint density at radius 2 is 1.33 bits per heavy atom. The summed E-state index contributed by atoms with van der Waals surface area (Å²) >= 11 is 3.24. The molecule has 10 heterocycles. The molecule has 6 aromatic heterocycles. The smallest absolute Gasteiger partial charge is 0.237 e. The number of aliphatic imine (C=N–C) groups is 2. The minimum absolute atomic E-state index is 0.370. The van der Waals surface area contributed by atoms with Gasteiger partial charge >= 0.3 is 0 Å². The molecule has 0 unspecified atom stereocenters. The number of ether oxygens (including phenoxy) is 2. The van der Waals surface area contributed by atoms with Crippen molar-refractivity contribution in [2.45, 2.75) is 39.0 Å². The molecule has 0 atom stereocenters. The second kappa shape index (κ2) is 13.9. The molecule has 0 bridgehead atoms. The van der Waals surface area contributed by atoms with Crippen molar-refractivity contribution in [2.24, 2.45) is 9.98 Å². The van der Waals surface area contributed by atoms with Crippen molar-refractivity contribution in [1.82, 2.24) is 39.5 Å². The molecule has 4 aliphatic rings. The van der Waals surface area contributed by atoms with Crippen LogP contribution in [0.3, 0.4) is 0 Å². The van der Waals surface area contributed by atoms with Crippen LogP contribution in [0.2, 0.25) is 0 Å². The van der Waals surface area contributed by atoms with Crippen molar-refractivity contribution in [3.63, 3.8) is 0 Å². The molecule has 19 heteroatoms. The lowest BCUT2D eigenvalue weighted by Crippen LogP contribution is -2.34. The Balaban J connectivity index is 0.000000144. The highest BCUT2D eigenvalue weighted by Crippen LogP contribution is 2.41. The molecule has 0 saturated heterocycles. The molecule has 0 radical (unpaired) electrons. The lowest BCUT2D eigenvalue weighted by atomic mass is 10.1. The van der Waals surface area contributed by atoms with E-state index in [4.69, 9.17) is 9.47 Å². The first kappa shape index (κ1) is 34.6. The molecule has 0 amide bonds. The standard InChI is InChI=1S/C18H18N6O3S2.C17H16N6OS/c1-27-17-12(5-10-6-19-7-13(10)23-17)22-16-15-11-3-4-24(29(2,25)26)8-14(11)28-18(15)21-9-20-16;1-24-16-11(4-9-5-19-6-12(9)23-16)22-15-14-10-2-3-18-7-13(10)25-17(14)21-8-20-15/h5-6,9H,3-4,7-8H2,1-2H3,(H,20,21,22);4-5,8,18H,2-3,6-7H2,1H3,(H,20,21,22). The van der Waals surface area contributed by atoms with E-state index >= 15 is 0 Å². The largest absolute Gasteiger partial charge is 0.480 e. The highest BCUT2D eigenvalue weighted by atomic mass is 32.2. The molecule has 4 aliphatic heterocycles. The summed E-state index contributed by atoms with van der Waals surface area (Å²) in [4.78, 5) is 39.6. The fourth-order valence-corrected chi connectivity index (χ4v) is 10.2. The van der Waals surface area contributed by atoms with Gasteiger partial charge in [0.15, 0.2) is 0 Å². The lowest BCUT2D eigenvalue weighted by molar-refractivity contribution is 0.398. The van der Waals surface area contributed by atoms with Gasteiger partial charge < -0.3 is 25.4 Å². The number of thiophene rings is 2. The van der Waals surface area contributed by atoms with E-state index in [0.717, 1.165) is 84.4 Å². The van der Waals surface area contributed by atoms with Gasteiger partial charge in [0, 0.05) is 52.9 Å². The highest BCUT2D eigenvalue weighted by molar-refractivity contribution is 7.88. The summed E-state index contributed by atoms with van der Waals surface area (Å²) in [6, 6.07) is 3.97. The molecule has 0 fully saturated rings. The minimum atomic E-state index is -3.23. The van der Waals surface area contributed by atoms with Crippen molar-refractivity contribution in [3.05, 3.63) is 68.2 Å². The van der Waals surface area contributed by atoms with E-state index in [0.29, 0.717) is 55.9 Å². The Bertz CT molecular complexity index is 2640. The summed E-state index contributed by atoms with van der Waals surface area (Å²) in [6.45, 7) is 3.86. The highest BCUT2D eigenvalue weighted by Gasteiger charge is 2.29. The third-order valence-corrected chi connectivity index (χ3v) is 13.1. The predicted molar refractivity (Wildman–Crippen MR) is 210 cm³/mol. The van der Waals surface area contributed by atoms with E-state index in [1.165, 1.54) is 38.7 Å². The van der Waals surface area contributed by atoms with E-state index < -0.39 is 10.0 Å². The summed E-state index contributed by atoms with van der Waals surface area (Å²) in [6.07, 6.45) is 9.62. The van der Waals surface area contributed by atoms with Crippen LogP contribution < -0.4 is 25.4 Å². The van der Waals surface area contributed by atoms with E-state index in [1.807, 2.05) is 18.3 Å². The Labute approximate surface area is 317 Å². The van der Waals surface area contributed by atoms with Gasteiger partial charge in [0.2, 0.25) is 21.8 Å². The van der Waals surface area contributed by atoms with E-state index in [1.54, 1.807) is 38.1 Å². The first-order chi connectivity index (χ1) is 26.3. The van der Waals surface area contributed by atoms with Crippen LogP contribution in [-0.4, -0.2) is 88.6 Å². The molecule has 0 aliphatic carbocycles. The maximum atomic E-state index is 11.9. The van der Waals surface area contributed by atoms with Gasteiger partial charge in [0.05, 0.1) is 55.7 Å². The first-order valence-corrected chi connectivity index (χ1v) is 20.6. The zero-order valence-electron chi connectivity index (χ0n) is 29.5. The van der Waals surface area contributed by atoms with Gasteiger partial charge in [0.25, 0.3) is 0 Å². The van der Waals surface area contributed by atoms with E-state index in [2.05, 4.69) is 55.8 Å². The van der Waals surface area contributed by atoms with Crippen LogP contribution in [0.1, 0.15) is 43.4 Å².